The Bertz CT molecular complexity index is 1500. The third-order valence-electron chi connectivity index (χ3n) is 12.2. The van der Waals surface area contributed by atoms with Crippen molar-refractivity contribution >= 4 is 41.4 Å². The fraction of sp³-hybridized carbons (Fsp3) is 0.791. The van der Waals surface area contributed by atoms with E-state index in [-0.39, 0.29) is 55.5 Å². The Kier molecular flexibility index (Phi) is 15.0. The number of nitrogens with one attached hydrogen (secondary N) is 4. The molecule has 0 radical (unpaired) electrons. The number of nitrogens with zero attached hydrogens (tertiary/aromatic N) is 2. The summed E-state index contributed by atoms with van der Waals surface area (Å²) in [6.07, 6.45) is 11.3. The molecule has 4 N–H and O–H groups in total. The van der Waals surface area contributed by atoms with E-state index in [0.717, 1.165) is 44.9 Å². The minimum Gasteiger partial charge on any atom is -0.347 e. The molecule has 0 bridgehead atoms. The summed E-state index contributed by atoms with van der Waals surface area (Å²) >= 11 is 0. The summed E-state index contributed by atoms with van der Waals surface area (Å²) in [5.74, 6) is -2.74. The van der Waals surface area contributed by atoms with E-state index in [2.05, 4.69) is 27.3 Å². The molecule has 2 unspecified atom stereocenters. The summed E-state index contributed by atoms with van der Waals surface area (Å²) in [4.78, 5) is 98.4. The monoisotopic (exact) mass is 783 g/mol. The number of piperidine rings is 1. The number of likely N-dealkylation sites (tertiary alicyclic amines) is 2. The van der Waals surface area contributed by atoms with Crippen molar-refractivity contribution in [3.8, 4) is 0 Å². The Morgan fingerprint density at radius 3 is 2.09 bits per heavy atom. The third kappa shape index (κ3) is 12.1. The van der Waals surface area contributed by atoms with Gasteiger partial charge in [0, 0.05) is 32.0 Å². The molecular weight excluding hydrogens is 713 g/mol. The third-order valence-corrected chi connectivity index (χ3v) is 12.2. The molecule has 314 valence electrons. The van der Waals surface area contributed by atoms with Gasteiger partial charge in [-0.25, -0.2) is 4.79 Å². The summed E-state index contributed by atoms with van der Waals surface area (Å²) in [5.41, 5.74) is -0.390. The van der Waals surface area contributed by atoms with Crippen molar-refractivity contribution in [1.29, 1.82) is 0 Å². The molecule has 4 fully saturated rings. The molecule has 2 heterocycles. The first-order valence-corrected chi connectivity index (χ1v) is 21.1. The van der Waals surface area contributed by atoms with Gasteiger partial charge in [-0.2, -0.15) is 0 Å². The van der Waals surface area contributed by atoms with E-state index in [0.29, 0.717) is 32.2 Å². The molecule has 4 rings (SSSR count). The Morgan fingerprint density at radius 1 is 0.911 bits per heavy atom. The van der Waals surface area contributed by atoms with E-state index >= 15 is 4.79 Å². The van der Waals surface area contributed by atoms with Crippen LogP contribution in [0.3, 0.4) is 0 Å². The van der Waals surface area contributed by atoms with Gasteiger partial charge in [0.2, 0.25) is 29.4 Å². The lowest BCUT2D eigenvalue weighted by Gasteiger charge is -2.43. The molecule has 2 aliphatic carbocycles. The Hall–Kier alpha value is -3.77. The highest BCUT2D eigenvalue weighted by atomic mass is 16.2. The molecule has 56 heavy (non-hydrogen) atoms. The molecule has 2 saturated carbocycles. The van der Waals surface area contributed by atoms with Gasteiger partial charge < -0.3 is 26.2 Å². The quantitative estimate of drug-likeness (QED) is 0.0933. The van der Waals surface area contributed by atoms with Gasteiger partial charge in [-0.3, -0.25) is 33.7 Å². The molecule has 5 atom stereocenters. The maximum Gasteiger partial charge on any atom is 0.315 e. The van der Waals surface area contributed by atoms with Crippen molar-refractivity contribution in [3.63, 3.8) is 0 Å². The number of hydrogen-bond acceptors (Lipinski definition) is 7. The number of urea groups is 1. The van der Waals surface area contributed by atoms with Crippen molar-refractivity contribution in [2.24, 2.45) is 22.2 Å². The van der Waals surface area contributed by atoms with Crippen LogP contribution in [0, 0.1) is 22.2 Å². The standard InChI is InChI=1S/C43H70N6O7/c1-10-15-30(35(52)38(54)44-29-18-19-29)45-37(53)31-22-28(17-14-16-27(2)3)25-48(31)39(55)36(43(9)20-12-11-13-21-43)47-40(56)46-32(41(4,5)6)26-49-33(50)23-42(7,8)24-34(49)51/h16,28-32,36H,10-15,17-26H2,1-9H3,(H,44,54)(H,45,53)(H2,46,47,56)/t28?,30?,31-,32+,36+/m0/s1. The van der Waals surface area contributed by atoms with Crippen LogP contribution in [0.5, 0.6) is 0 Å². The normalized spacial score (nSPS) is 23.7. The predicted octanol–water partition coefficient (Wildman–Crippen LogP) is 5.31. The summed E-state index contributed by atoms with van der Waals surface area (Å²) in [5, 5.41) is 11.7. The smallest absolute Gasteiger partial charge is 0.315 e. The molecule has 0 spiro atoms. The van der Waals surface area contributed by atoms with Gasteiger partial charge in [0.05, 0.1) is 12.1 Å². The zero-order valence-electron chi connectivity index (χ0n) is 35.6. The van der Waals surface area contributed by atoms with Gasteiger partial charge in [0.15, 0.2) is 0 Å². The first-order chi connectivity index (χ1) is 26.1. The molecule has 0 aromatic rings. The van der Waals surface area contributed by atoms with Gasteiger partial charge >= 0.3 is 6.03 Å². The number of carbonyl (C=O) groups excluding carboxylic acids is 7. The first-order valence-electron chi connectivity index (χ1n) is 21.1. The average molecular weight is 783 g/mol. The Labute approximate surface area is 334 Å². The maximum atomic E-state index is 15.0. The fourth-order valence-electron chi connectivity index (χ4n) is 8.51. The lowest BCUT2D eigenvalue weighted by atomic mass is 9.70. The van der Waals surface area contributed by atoms with Crippen molar-refractivity contribution in [2.45, 2.75) is 182 Å². The average Bonchev–Trinajstić information content (AvgIpc) is 3.81. The maximum absolute atomic E-state index is 15.0. The predicted molar refractivity (Wildman–Crippen MR) is 215 cm³/mol. The molecule has 7 amide bonds. The SMILES string of the molecule is CCCC(NC(=O)[C@@H]1CC(CCC=C(C)C)CN1C(=O)[C@@H](NC(=O)N[C@H](CN1C(=O)CC(C)(C)CC1=O)C(C)(C)C)C1(C)CCCCC1)C(=O)C(=O)NC1CC1. The number of rotatable bonds is 16. The molecule has 13 heteroatoms. The number of amides is 7. The summed E-state index contributed by atoms with van der Waals surface area (Å²) in [6.45, 7) is 17.9. The van der Waals surface area contributed by atoms with Crippen molar-refractivity contribution < 1.29 is 33.6 Å². The van der Waals surface area contributed by atoms with Crippen LogP contribution in [0.1, 0.15) is 152 Å². The van der Waals surface area contributed by atoms with Crippen LogP contribution in [0.4, 0.5) is 4.79 Å². The highest BCUT2D eigenvalue weighted by Crippen LogP contribution is 2.41. The van der Waals surface area contributed by atoms with E-state index in [1.54, 1.807) is 4.90 Å². The molecule has 2 saturated heterocycles. The van der Waals surface area contributed by atoms with Crippen LogP contribution < -0.4 is 21.3 Å². The number of imide groups is 1. The van der Waals surface area contributed by atoms with E-state index in [9.17, 15) is 28.8 Å². The summed E-state index contributed by atoms with van der Waals surface area (Å²) < 4.78 is 0. The van der Waals surface area contributed by atoms with E-state index < -0.39 is 64.0 Å². The van der Waals surface area contributed by atoms with Gasteiger partial charge in [-0.15, -0.1) is 0 Å². The van der Waals surface area contributed by atoms with Crippen LogP contribution in [0.15, 0.2) is 11.6 Å². The molecule has 0 aromatic carbocycles. The Balaban J connectivity index is 1.59. The highest BCUT2D eigenvalue weighted by Gasteiger charge is 2.49. The second kappa shape index (κ2) is 18.7. The van der Waals surface area contributed by atoms with Crippen molar-refractivity contribution in [2.75, 3.05) is 13.1 Å². The number of ketones is 1. The largest absolute Gasteiger partial charge is 0.347 e. The van der Waals surface area contributed by atoms with Crippen LogP contribution in [-0.2, 0) is 28.8 Å². The number of carbonyl (C=O) groups is 7. The van der Waals surface area contributed by atoms with Crippen LogP contribution in [0.2, 0.25) is 0 Å². The minimum atomic E-state index is -1.01. The lowest BCUT2D eigenvalue weighted by molar-refractivity contribution is -0.153. The molecule has 13 nitrogen and oxygen atoms in total. The van der Waals surface area contributed by atoms with Gasteiger partial charge in [0.1, 0.15) is 12.1 Å². The second-order valence-electron chi connectivity index (χ2n) is 19.5. The van der Waals surface area contributed by atoms with Crippen molar-refractivity contribution in [1.82, 2.24) is 31.1 Å². The van der Waals surface area contributed by atoms with Crippen LogP contribution >= 0.6 is 0 Å². The summed E-state index contributed by atoms with van der Waals surface area (Å²) in [6, 6.07) is -4.06. The van der Waals surface area contributed by atoms with Gasteiger partial charge in [0.25, 0.3) is 5.91 Å². The molecular formula is C43H70N6O7. The van der Waals surface area contributed by atoms with Gasteiger partial charge in [-0.05, 0) is 87.4 Å². The van der Waals surface area contributed by atoms with Crippen molar-refractivity contribution in [3.05, 3.63) is 11.6 Å². The lowest BCUT2D eigenvalue weighted by Crippen LogP contribution is -2.63. The molecule has 4 aliphatic rings. The minimum absolute atomic E-state index is 0.00226. The number of Topliss-reactive ketones (excluding diaryl/α,β-unsaturated/α-hetero) is 1. The fourth-order valence-corrected chi connectivity index (χ4v) is 8.51. The zero-order valence-corrected chi connectivity index (χ0v) is 35.6. The number of hydrogen-bond donors (Lipinski definition) is 4. The molecule has 0 aromatic heterocycles. The first kappa shape index (κ1) is 44.9. The highest BCUT2D eigenvalue weighted by molar-refractivity contribution is 6.38. The summed E-state index contributed by atoms with van der Waals surface area (Å²) in [7, 11) is 0. The van der Waals surface area contributed by atoms with E-state index in [1.807, 2.05) is 62.3 Å². The topological polar surface area (TPSA) is 174 Å². The van der Waals surface area contributed by atoms with Crippen LogP contribution in [-0.4, -0.2) is 94.4 Å². The van der Waals surface area contributed by atoms with Crippen LogP contribution in [0.25, 0.3) is 0 Å². The number of allylic oxidation sites excluding steroid dienone is 2. The van der Waals surface area contributed by atoms with E-state index in [4.69, 9.17) is 0 Å². The zero-order chi connectivity index (χ0) is 41.6. The van der Waals surface area contributed by atoms with E-state index in [1.165, 1.54) is 10.5 Å². The van der Waals surface area contributed by atoms with Gasteiger partial charge in [-0.1, -0.05) is 85.8 Å². The molecule has 2 aliphatic heterocycles. The second-order valence-corrected chi connectivity index (χ2v) is 19.5. The Morgan fingerprint density at radius 2 is 1.54 bits per heavy atom.